The molecule has 0 aromatic heterocycles. The second-order valence-electron chi connectivity index (χ2n) is 10.8. The summed E-state index contributed by atoms with van der Waals surface area (Å²) in [5.41, 5.74) is 0.839. The van der Waals surface area contributed by atoms with Gasteiger partial charge in [-0.3, -0.25) is 19.2 Å². The van der Waals surface area contributed by atoms with Gasteiger partial charge in [-0.2, -0.15) is 0 Å². The molecule has 1 saturated heterocycles. The summed E-state index contributed by atoms with van der Waals surface area (Å²) in [5, 5.41) is 0.489. The molecule has 7 heteroatoms. The number of nitrogens with zero attached hydrogens (tertiary/aromatic N) is 2. The van der Waals surface area contributed by atoms with Crippen LogP contribution in [0, 0.1) is 31.1 Å². The molecule has 3 amide bonds. The summed E-state index contributed by atoms with van der Waals surface area (Å²) in [4.78, 5) is 60.2. The van der Waals surface area contributed by atoms with Crippen LogP contribution in [-0.4, -0.2) is 30.6 Å². The second-order valence-corrected chi connectivity index (χ2v) is 11.3. The fourth-order valence-electron chi connectivity index (χ4n) is 7.36. The van der Waals surface area contributed by atoms with Crippen molar-refractivity contribution in [3.05, 3.63) is 94.0 Å². The number of amides is 3. The number of hydrogen-bond acceptors (Lipinski definition) is 4. The minimum atomic E-state index is -1.53. The van der Waals surface area contributed by atoms with E-state index in [1.807, 2.05) is 56.3 Å². The van der Waals surface area contributed by atoms with Gasteiger partial charge in [-0.15, -0.1) is 0 Å². The summed E-state index contributed by atoms with van der Waals surface area (Å²) in [6, 6.07) is 19.5. The van der Waals surface area contributed by atoms with Crippen LogP contribution in [0.5, 0.6) is 0 Å². The Labute approximate surface area is 226 Å². The first kappa shape index (κ1) is 24.6. The summed E-state index contributed by atoms with van der Waals surface area (Å²) < 4.78 is 0. The Bertz CT molecular complexity index is 1540. The third-order valence-electron chi connectivity index (χ3n) is 9.12. The summed E-state index contributed by atoms with van der Waals surface area (Å²) in [6.45, 7) is 5.45. The van der Waals surface area contributed by atoms with E-state index in [4.69, 9.17) is 11.6 Å². The highest BCUT2D eigenvalue weighted by Crippen LogP contribution is 2.68. The van der Waals surface area contributed by atoms with Gasteiger partial charge in [0.2, 0.25) is 17.7 Å². The molecule has 4 atom stereocenters. The number of benzene rings is 3. The predicted molar refractivity (Wildman–Crippen MR) is 145 cm³/mol. The van der Waals surface area contributed by atoms with E-state index >= 15 is 0 Å². The lowest BCUT2D eigenvalue weighted by atomic mass is 9.57. The number of carbonyl (C=O) groups is 4. The van der Waals surface area contributed by atoms with E-state index in [2.05, 4.69) is 0 Å². The Balaban J connectivity index is 1.61. The number of fused-ring (bicyclic) bond motifs is 4. The van der Waals surface area contributed by atoms with Crippen LogP contribution in [0.1, 0.15) is 40.4 Å². The van der Waals surface area contributed by atoms with Gasteiger partial charge >= 0.3 is 0 Å². The van der Waals surface area contributed by atoms with Crippen LogP contribution in [0.3, 0.4) is 0 Å². The summed E-state index contributed by atoms with van der Waals surface area (Å²) in [6.07, 6.45) is 0.0951. The van der Waals surface area contributed by atoms with Crippen LogP contribution in [0.25, 0.3) is 0 Å². The number of halogens is 1. The van der Waals surface area contributed by atoms with E-state index in [1.54, 1.807) is 38.2 Å². The number of anilines is 2. The molecule has 1 aliphatic carbocycles. The molecule has 0 unspecified atom stereocenters. The number of Topliss-reactive ketones (excluding diaryl/α,β-unsaturated/α-hetero) is 1. The van der Waals surface area contributed by atoms with Crippen molar-refractivity contribution in [2.45, 2.75) is 32.6 Å². The van der Waals surface area contributed by atoms with E-state index in [-0.39, 0.29) is 24.0 Å². The molecule has 0 bridgehead atoms. The molecule has 2 fully saturated rings. The number of likely N-dealkylation sites (N-methyl/N-ethyl adjacent to an activating group) is 1. The van der Waals surface area contributed by atoms with Gasteiger partial charge in [0.1, 0.15) is 5.41 Å². The van der Waals surface area contributed by atoms with Crippen molar-refractivity contribution in [1.82, 2.24) is 0 Å². The third-order valence-corrected chi connectivity index (χ3v) is 9.37. The summed E-state index contributed by atoms with van der Waals surface area (Å²) in [7, 11) is 1.67. The van der Waals surface area contributed by atoms with Crippen molar-refractivity contribution in [2.75, 3.05) is 16.8 Å². The number of hydrogen-bond donors (Lipinski definition) is 0. The van der Waals surface area contributed by atoms with Crippen LogP contribution >= 0.6 is 11.6 Å². The van der Waals surface area contributed by atoms with Crippen molar-refractivity contribution >= 4 is 46.5 Å². The molecule has 6 nitrogen and oxygen atoms in total. The number of imide groups is 1. The van der Waals surface area contributed by atoms with E-state index < -0.39 is 28.6 Å². The number of rotatable bonds is 3. The average molecular weight is 527 g/mol. The molecular weight excluding hydrogens is 500 g/mol. The van der Waals surface area contributed by atoms with Crippen LogP contribution in [-0.2, 0) is 19.8 Å². The Kier molecular flexibility index (Phi) is 5.24. The van der Waals surface area contributed by atoms with Crippen LogP contribution < -0.4 is 9.80 Å². The maximum absolute atomic E-state index is 14.6. The Morgan fingerprint density at radius 2 is 1.53 bits per heavy atom. The average Bonchev–Trinajstić information content (AvgIpc) is 3.39. The van der Waals surface area contributed by atoms with Crippen LogP contribution in [0.4, 0.5) is 11.4 Å². The predicted octanol–water partition coefficient (Wildman–Crippen LogP) is 5.27. The maximum Gasteiger partial charge on any atom is 0.241 e. The molecule has 6 rings (SSSR count). The fourth-order valence-corrected chi connectivity index (χ4v) is 7.48. The Morgan fingerprint density at radius 1 is 0.895 bits per heavy atom. The van der Waals surface area contributed by atoms with Crippen molar-refractivity contribution < 1.29 is 19.2 Å². The highest BCUT2D eigenvalue weighted by Gasteiger charge is 2.80. The zero-order valence-corrected chi connectivity index (χ0v) is 22.4. The van der Waals surface area contributed by atoms with E-state index in [1.165, 1.54) is 9.80 Å². The molecule has 2 aliphatic heterocycles. The molecule has 0 N–H and O–H groups in total. The van der Waals surface area contributed by atoms with Crippen molar-refractivity contribution in [3.63, 3.8) is 0 Å². The monoisotopic (exact) mass is 526 g/mol. The van der Waals surface area contributed by atoms with Gasteiger partial charge in [-0.25, -0.2) is 4.90 Å². The first-order valence-electron chi connectivity index (χ1n) is 12.7. The van der Waals surface area contributed by atoms with E-state index in [0.717, 1.165) is 11.1 Å². The zero-order chi connectivity index (χ0) is 27.1. The van der Waals surface area contributed by atoms with Gasteiger partial charge in [0.25, 0.3) is 0 Å². The van der Waals surface area contributed by atoms with Crippen LogP contribution in [0.2, 0.25) is 5.02 Å². The number of ketones is 1. The smallest absolute Gasteiger partial charge is 0.241 e. The van der Waals surface area contributed by atoms with Crippen molar-refractivity contribution in [1.29, 1.82) is 0 Å². The van der Waals surface area contributed by atoms with Gasteiger partial charge in [0.15, 0.2) is 5.78 Å². The van der Waals surface area contributed by atoms with Gasteiger partial charge in [0.05, 0.1) is 17.0 Å². The molecule has 1 saturated carbocycles. The number of carbonyl (C=O) groups excluding carboxylic acids is 4. The van der Waals surface area contributed by atoms with E-state index in [9.17, 15) is 19.2 Å². The Morgan fingerprint density at radius 3 is 2.18 bits per heavy atom. The molecule has 192 valence electrons. The first-order chi connectivity index (χ1) is 18.1. The number of para-hydroxylation sites is 2. The molecule has 3 aromatic carbocycles. The van der Waals surface area contributed by atoms with E-state index in [0.29, 0.717) is 27.5 Å². The lowest BCUT2D eigenvalue weighted by Gasteiger charge is -2.41. The van der Waals surface area contributed by atoms with Gasteiger partial charge < -0.3 is 4.90 Å². The lowest BCUT2D eigenvalue weighted by molar-refractivity contribution is -0.138. The molecule has 0 radical (unpaired) electrons. The highest BCUT2D eigenvalue weighted by molar-refractivity contribution is 6.31. The van der Waals surface area contributed by atoms with Gasteiger partial charge in [-0.1, -0.05) is 48.0 Å². The molecule has 3 aliphatic rings. The van der Waals surface area contributed by atoms with Crippen molar-refractivity contribution in [3.8, 4) is 0 Å². The normalized spacial score (nSPS) is 27.9. The summed E-state index contributed by atoms with van der Waals surface area (Å²) in [5.74, 6) is -3.13. The zero-order valence-electron chi connectivity index (χ0n) is 21.6. The number of aryl methyl sites for hydroxylation is 2. The van der Waals surface area contributed by atoms with Gasteiger partial charge in [-0.05, 0) is 74.2 Å². The molecular formula is C31H27ClN2O4. The largest absolute Gasteiger partial charge is 0.314 e. The molecule has 1 spiro atoms. The molecule has 3 aromatic rings. The standard InChI is InChI=1S/C31H27ClN2O4/c1-17-8-7-9-18(2)25(17)34-27(36)23-16-22(26(35)19-12-14-20(32)15-13-19)31(30(23,3)28(34)37)21-10-5-6-11-24(21)33(4)29(31)38/h5-15,22-23H,16H2,1-4H3/t22-,23+,30+,31-/m1/s1. The quantitative estimate of drug-likeness (QED) is 0.344. The maximum atomic E-state index is 14.6. The lowest BCUT2D eigenvalue weighted by Crippen LogP contribution is -2.57. The summed E-state index contributed by atoms with van der Waals surface area (Å²) >= 11 is 6.08. The minimum absolute atomic E-state index is 0.0951. The molecule has 2 heterocycles. The van der Waals surface area contributed by atoms with Crippen molar-refractivity contribution in [2.24, 2.45) is 17.3 Å². The molecule has 38 heavy (non-hydrogen) atoms. The topological polar surface area (TPSA) is 74.8 Å². The minimum Gasteiger partial charge on any atom is -0.314 e. The highest BCUT2D eigenvalue weighted by atomic mass is 35.5. The Hall–Kier alpha value is -3.77. The SMILES string of the molecule is Cc1cccc(C)c1N1C(=O)[C@@H]2C[C@H](C(=O)c3ccc(Cl)cc3)[C@]3(C(=O)N(C)c4ccccc43)[C@]2(C)C1=O. The van der Waals surface area contributed by atoms with Gasteiger partial charge in [0, 0.05) is 29.2 Å². The third kappa shape index (κ3) is 2.79. The first-order valence-corrected chi connectivity index (χ1v) is 13.1. The van der Waals surface area contributed by atoms with Crippen LogP contribution in [0.15, 0.2) is 66.7 Å². The second kappa shape index (κ2) is 8.11. The fraction of sp³-hybridized carbons (Fsp3) is 0.290.